The fourth-order valence-corrected chi connectivity index (χ4v) is 3.97. The van der Waals surface area contributed by atoms with Crippen LogP contribution >= 0.6 is 0 Å². The van der Waals surface area contributed by atoms with Gasteiger partial charge in [0.25, 0.3) is 0 Å². The highest BCUT2D eigenvalue weighted by atomic mass is 16.5. The largest absolute Gasteiger partial charge is 0.480 e. The third-order valence-corrected chi connectivity index (χ3v) is 5.70. The number of hydrogen-bond acceptors (Lipinski definition) is 4. The molecule has 1 N–H and O–H groups in total. The van der Waals surface area contributed by atoms with E-state index in [0.717, 1.165) is 52.8 Å². The number of ether oxygens (including phenoxy) is 1. The van der Waals surface area contributed by atoms with Crippen molar-refractivity contribution in [2.24, 2.45) is 0 Å². The zero-order valence-corrected chi connectivity index (χ0v) is 18.5. The van der Waals surface area contributed by atoms with Crippen molar-refractivity contribution >= 4 is 11.0 Å². The van der Waals surface area contributed by atoms with Crippen LogP contribution in [0.4, 0.5) is 0 Å². The number of aliphatic hydroxyl groups is 1. The second kappa shape index (κ2) is 8.95. The maximum atomic E-state index is 9.47. The van der Waals surface area contributed by atoms with Crippen LogP contribution in [0.25, 0.3) is 22.3 Å². The summed E-state index contributed by atoms with van der Waals surface area (Å²) in [6.45, 7) is 10.9. The molecule has 3 aromatic heterocycles. The number of pyridine rings is 2. The Morgan fingerprint density at radius 1 is 1.17 bits per heavy atom. The van der Waals surface area contributed by atoms with Gasteiger partial charge in [-0.1, -0.05) is 27.7 Å². The molecule has 3 rings (SSSR count). The van der Waals surface area contributed by atoms with Crippen LogP contribution < -0.4 is 4.74 Å². The van der Waals surface area contributed by atoms with Crippen molar-refractivity contribution in [1.29, 1.82) is 0 Å². The molecule has 0 spiro atoms. The molecule has 0 saturated carbocycles. The Morgan fingerprint density at radius 2 is 1.93 bits per heavy atom. The van der Waals surface area contributed by atoms with Gasteiger partial charge in [-0.3, -0.25) is 0 Å². The molecule has 29 heavy (non-hydrogen) atoms. The highest BCUT2D eigenvalue weighted by Crippen LogP contribution is 2.35. The minimum absolute atomic E-state index is 0.189. The quantitative estimate of drug-likeness (QED) is 0.552. The zero-order chi connectivity index (χ0) is 21.1. The van der Waals surface area contributed by atoms with Crippen LogP contribution in [-0.2, 0) is 6.42 Å². The lowest BCUT2D eigenvalue weighted by Crippen LogP contribution is -2.09. The normalized spacial score (nSPS) is 12.7. The minimum atomic E-state index is 0.189. The molecule has 0 aliphatic rings. The molecular formula is C24H33N3O2. The van der Waals surface area contributed by atoms with Gasteiger partial charge < -0.3 is 14.4 Å². The Hall–Kier alpha value is -2.40. The van der Waals surface area contributed by atoms with Crippen LogP contribution in [-0.4, -0.2) is 33.4 Å². The van der Waals surface area contributed by atoms with E-state index >= 15 is 0 Å². The van der Waals surface area contributed by atoms with E-state index in [4.69, 9.17) is 14.7 Å². The lowest BCUT2D eigenvalue weighted by atomic mass is 10.0. The molecule has 0 saturated heterocycles. The molecule has 1 atom stereocenters. The van der Waals surface area contributed by atoms with Crippen molar-refractivity contribution in [3.05, 3.63) is 41.2 Å². The van der Waals surface area contributed by atoms with E-state index < -0.39 is 0 Å². The Kier molecular flexibility index (Phi) is 6.58. The summed E-state index contributed by atoms with van der Waals surface area (Å²) in [4.78, 5) is 9.81. The van der Waals surface area contributed by atoms with E-state index in [1.54, 1.807) is 7.11 Å². The summed E-state index contributed by atoms with van der Waals surface area (Å²) in [5.74, 6) is 0.967. The highest BCUT2D eigenvalue weighted by Gasteiger charge is 2.20. The van der Waals surface area contributed by atoms with E-state index in [-0.39, 0.29) is 12.6 Å². The second-order valence-electron chi connectivity index (χ2n) is 7.96. The van der Waals surface area contributed by atoms with Crippen molar-refractivity contribution in [2.75, 3.05) is 13.7 Å². The Bertz CT molecular complexity index is 991. The van der Waals surface area contributed by atoms with Gasteiger partial charge in [0, 0.05) is 24.5 Å². The van der Waals surface area contributed by atoms with Gasteiger partial charge in [0.2, 0.25) is 5.88 Å². The maximum Gasteiger partial charge on any atom is 0.222 e. The zero-order valence-electron chi connectivity index (χ0n) is 18.5. The van der Waals surface area contributed by atoms with Gasteiger partial charge in [-0.25, -0.2) is 9.97 Å². The summed E-state index contributed by atoms with van der Waals surface area (Å²) in [5, 5.41) is 9.47. The monoisotopic (exact) mass is 395 g/mol. The maximum absolute atomic E-state index is 9.47. The lowest BCUT2D eigenvalue weighted by molar-refractivity contribution is 0.256. The molecule has 0 fully saturated rings. The van der Waals surface area contributed by atoms with E-state index in [1.807, 2.05) is 0 Å². The molecule has 0 aliphatic heterocycles. The average molecular weight is 396 g/mol. The summed E-state index contributed by atoms with van der Waals surface area (Å²) in [7, 11) is 1.67. The van der Waals surface area contributed by atoms with Gasteiger partial charge in [-0.15, -0.1) is 0 Å². The molecule has 3 aromatic rings. The number of fused-ring (bicyclic) bond motifs is 1. The number of hydrogen-bond donors (Lipinski definition) is 1. The first-order chi connectivity index (χ1) is 13.9. The summed E-state index contributed by atoms with van der Waals surface area (Å²) < 4.78 is 7.93. The van der Waals surface area contributed by atoms with Gasteiger partial charge in [0.1, 0.15) is 0 Å². The van der Waals surface area contributed by atoms with Crippen LogP contribution in [0.15, 0.2) is 24.4 Å². The van der Waals surface area contributed by atoms with Crippen molar-refractivity contribution in [3.63, 3.8) is 0 Å². The van der Waals surface area contributed by atoms with Gasteiger partial charge in [-0.05, 0) is 61.4 Å². The van der Waals surface area contributed by atoms with E-state index in [0.29, 0.717) is 11.8 Å². The predicted molar refractivity (Wildman–Crippen MR) is 119 cm³/mol. The first-order valence-corrected chi connectivity index (χ1v) is 10.6. The Morgan fingerprint density at radius 3 is 2.52 bits per heavy atom. The molecule has 0 aliphatic carbocycles. The number of aromatic nitrogens is 3. The highest BCUT2D eigenvalue weighted by molar-refractivity contribution is 5.85. The molecule has 5 heteroatoms. The van der Waals surface area contributed by atoms with E-state index in [9.17, 15) is 5.11 Å². The number of aryl methyl sites for hydroxylation is 2. The third kappa shape index (κ3) is 4.01. The SMILES string of the molecule is CCc1cc2c(nc1-c1ccc(C(C)C)nc1OC)c(C)cn2[C@H](CC)CCO. The van der Waals surface area contributed by atoms with Crippen LogP contribution in [0, 0.1) is 6.92 Å². The number of aliphatic hydroxyl groups excluding tert-OH is 1. The van der Waals surface area contributed by atoms with Crippen LogP contribution in [0.3, 0.4) is 0 Å². The first kappa shape index (κ1) is 21.3. The van der Waals surface area contributed by atoms with Crippen molar-refractivity contribution in [1.82, 2.24) is 14.5 Å². The van der Waals surface area contributed by atoms with Gasteiger partial charge in [0.05, 0.1) is 29.4 Å². The van der Waals surface area contributed by atoms with Gasteiger partial charge in [-0.2, -0.15) is 0 Å². The van der Waals surface area contributed by atoms with Crippen LogP contribution in [0.1, 0.15) is 69.3 Å². The number of methoxy groups -OCH3 is 1. The summed E-state index contributed by atoms with van der Waals surface area (Å²) >= 11 is 0. The van der Waals surface area contributed by atoms with E-state index in [1.165, 1.54) is 5.56 Å². The fourth-order valence-electron chi connectivity index (χ4n) is 3.97. The third-order valence-electron chi connectivity index (χ3n) is 5.70. The van der Waals surface area contributed by atoms with Crippen LogP contribution in [0.2, 0.25) is 0 Å². The van der Waals surface area contributed by atoms with Gasteiger partial charge in [0.15, 0.2) is 0 Å². The lowest BCUT2D eigenvalue weighted by Gasteiger charge is -2.18. The molecule has 156 valence electrons. The molecule has 5 nitrogen and oxygen atoms in total. The standard InChI is InChI=1S/C24H33N3O2/c1-7-17-13-21-22(16(5)14-27(21)18(8-2)11-12-28)26-23(17)19-9-10-20(15(3)4)25-24(19)29-6/h9-10,13-15,18,28H,7-8,11-12H2,1-6H3/t18-/m1/s1. The molecule has 0 unspecified atom stereocenters. The predicted octanol–water partition coefficient (Wildman–Crippen LogP) is 5.43. The van der Waals surface area contributed by atoms with E-state index in [2.05, 4.69) is 63.6 Å². The summed E-state index contributed by atoms with van der Waals surface area (Å²) in [6, 6.07) is 6.68. The van der Waals surface area contributed by atoms with Crippen molar-refractivity contribution < 1.29 is 9.84 Å². The van der Waals surface area contributed by atoms with Crippen LogP contribution in [0.5, 0.6) is 5.88 Å². The fraction of sp³-hybridized carbons (Fsp3) is 0.500. The molecule has 3 heterocycles. The molecule has 0 aromatic carbocycles. The van der Waals surface area contributed by atoms with Gasteiger partial charge >= 0.3 is 0 Å². The molecule has 0 bridgehead atoms. The average Bonchev–Trinajstić information content (AvgIpc) is 3.05. The summed E-state index contributed by atoms with van der Waals surface area (Å²) in [5.41, 5.74) is 7.35. The Labute approximate surface area is 173 Å². The molecular weight excluding hydrogens is 362 g/mol. The van der Waals surface area contributed by atoms with Crippen molar-refractivity contribution in [2.45, 2.75) is 65.8 Å². The molecule has 0 amide bonds. The number of nitrogens with zero attached hydrogens (tertiary/aromatic N) is 3. The minimum Gasteiger partial charge on any atom is -0.480 e. The Balaban J connectivity index is 2.21. The summed E-state index contributed by atoms with van der Waals surface area (Å²) in [6.07, 6.45) is 4.76. The number of rotatable bonds is 8. The topological polar surface area (TPSA) is 60.2 Å². The second-order valence-corrected chi connectivity index (χ2v) is 7.96. The first-order valence-electron chi connectivity index (χ1n) is 10.6. The van der Waals surface area contributed by atoms with Crippen molar-refractivity contribution in [3.8, 4) is 17.1 Å². The smallest absolute Gasteiger partial charge is 0.222 e. The molecule has 0 radical (unpaired) electrons.